The Balaban J connectivity index is 1.62. The second kappa shape index (κ2) is 8.16. The molecule has 0 saturated heterocycles. The molecule has 5 nitrogen and oxygen atoms in total. The molecule has 0 unspecified atom stereocenters. The Bertz CT molecular complexity index is 904. The first-order valence-electron chi connectivity index (χ1n) is 8.19. The molecule has 0 spiro atoms. The number of carbonyl (C=O) groups excluding carboxylic acids is 1. The molecule has 0 aliphatic rings. The zero-order valence-corrected chi connectivity index (χ0v) is 14.0. The van der Waals surface area contributed by atoms with Crippen LogP contribution in [0.15, 0.2) is 72.8 Å². The van der Waals surface area contributed by atoms with Crippen molar-refractivity contribution < 1.29 is 24.2 Å². The molecule has 0 amide bonds. The SMILES string of the molecule is O=C(COc1ccccc1)O[C@H](Cc1ccc2ccccc2c1)C(=O)O. The van der Waals surface area contributed by atoms with Gasteiger partial charge in [-0.2, -0.15) is 0 Å². The highest BCUT2D eigenvalue weighted by Crippen LogP contribution is 2.17. The number of para-hydroxylation sites is 1. The van der Waals surface area contributed by atoms with Crippen LogP contribution in [0.25, 0.3) is 10.8 Å². The number of hydrogen-bond donors (Lipinski definition) is 1. The second-order valence-electron chi connectivity index (χ2n) is 5.80. The summed E-state index contributed by atoms with van der Waals surface area (Å²) >= 11 is 0. The number of carbonyl (C=O) groups is 2. The van der Waals surface area contributed by atoms with Crippen LogP contribution in [0.3, 0.4) is 0 Å². The van der Waals surface area contributed by atoms with Gasteiger partial charge in [0.05, 0.1) is 0 Å². The molecule has 3 aromatic carbocycles. The van der Waals surface area contributed by atoms with E-state index in [0.717, 1.165) is 16.3 Å². The van der Waals surface area contributed by atoms with Crippen LogP contribution < -0.4 is 4.74 Å². The van der Waals surface area contributed by atoms with Gasteiger partial charge in [-0.05, 0) is 28.5 Å². The summed E-state index contributed by atoms with van der Waals surface area (Å²) in [6.45, 7) is -0.342. The minimum absolute atomic E-state index is 0.0945. The van der Waals surface area contributed by atoms with Crippen LogP contribution in [0.5, 0.6) is 5.75 Å². The molecule has 0 aliphatic heterocycles. The Morgan fingerprint density at radius 3 is 2.31 bits per heavy atom. The maximum absolute atomic E-state index is 11.9. The Labute approximate surface area is 150 Å². The molecule has 3 aromatic rings. The fourth-order valence-electron chi connectivity index (χ4n) is 2.61. The van der Waals surface area contributed by atoms with Gasteiger partial charge in [0.25, 0.3) is 0 Å². The predicted molar refractivity (Wildman–Crippen MR) is 97.1 cm³/mol. The van der Waals surface area contributed by atoms with E-state index in [-0.39, 0.29) is 13.0 Å². The fourth-order valence-corrected chi connectivity index (χ4v) is 2.61. The van der Waals surface area contributed by atoms with Crippen LogP contribution in [0.1, 0.15) is 5.56 Å². The summed E-state index contributed by atoms with van der Waals surface area (Å²) < 4.78 is 10.4. The standard InChI is InChI=1S/C21H18O5/c22-20(14-25-18-8-2-1-3-9-18)26-19(21(23)24)13-15-10-11-16-6-4-5-7-17(16)12-15/h1-12,19H,13-14H2,(H,23,24)/t19-/m1/s1. The summed E-state index contributed by atoms with van der Waals surface area (Å²) in [5.74, 6) is -1.39. The zero-order chi connectivity index (χ0) is 18.4. The molecule has 0 fully saturated rings. The quantitative estimate of drug-likeness (QED) is 0.661. The molecule has 0 radical (unpaired) electrons. The van der Waals surface area contributed by atoms with Crippen LogP contribution in [-0.2, 0) is 20.7 Å². The maximum atomic E-state index is 11.9. The van der Waals surface area contributed by atoms with Crippen molar-refractivity contribution in [2.24, 2.45) is 0 Å². The molecule has 0 aromatic heterocycles. The minimum Gasteiger partial charge on any atom is -0.482 e. The maximum Gasteiger partial charge on any atom is 0.345 e. The Morgan fingerprint density at radius 1 is 0.885 bits per heavy atom. The van der Waals surface area contributed by atoms with Gasteiger partial charge in [-0.15, -0.1) is 0 Å². The molecule has 0 bridgehead atoms. The molecule has 26 heavy (non-hydrogen) atoms. The predicted octanol–water partition coefficient (Wildman–Crippen LogP) is 3.46. The monoisotopic (exact) mass is 350 g/mol. The topological polar surface area (TPSA) is 72.8 Å². The number of benzene rings is 3. The lowest BCUT2D eigenvalue weighted by Gasteiger charge is -2.14. The number of carboxylic acid groups (broad SMARTS) is 1. The highest BCUT2D eigenvalue weighted by Gasteiger charge is 2.23. The number of carboxylic acids is 1. The highest BCUT2D eigenvalue weighted by atomic mass is 16.6. The van der Waals surface area contributed by atoms with Crippen molar-refractivity contribution in [3.05, 3.63) is 78.4 Å². The summed E-state index contributed by atoms with van der Waals surface area (Å²) in [6.07, 6.45) is -1.17. The first kappa shape index (κ1) is 17.5. The normalized spacial score (nSPS) is 11.7. The lowest BCUT2D eigenvalue weighted by molar-refractivity contribution is -0.165. The zero-order valence-electron chi connectivity index (χ0n) is 14.0. The van der Waals surface area contributed by atoms with E-state index < -0.39 is 18.0 Å². The number of esters is 1. The van der Waals surface area contributed by atoms with Crippen LogP contribution in [-0.4, -0.2) is 29.8 Å². The average Bonchev–Trinajstić information content (AvgIpc) is 2.66. The van der Waals surface area contributed by atoms with E-state index in [4.69, 9.17) is 9.47 Å². The molecule has 0 aliphatic carbocycles. The van der Waals surface area contributed by atoms with E-state index in [1.54, 1.807) is 24.3 Å². The third kappa shape index (κ3) is 4.60. The summed E-state index contributed by atoms with van der Waals surface area (Å²) in [4.78, 5) is 23.4. The summed E-state index contributed by atoms with van der Waals surface area (Å²) in [6, 6.07) is 22.3. The van der Waals surface area contributed by atoms with Gasteiger partial charge in [0, 0.05) is 6.42 Å². The van der Waals surface area contributed by atoms with Gasteiger partial charge in [-0.1, -0.05) is 60.7 Å². The molecule has 0 heterocycles. The van der Waals surface area contributed by atoms with Crippen LogP contribution in [0.4, 0.5) is 0 Å². The van der Waals surface area contributed by atoms with E-state index in [0.29, 0.717) is 5.75 Å². The van der Waals surface area contributed by atoms with E-state index in [9.17, 15) is 14.7 Å². The molecule has 3 rings (SSSR count). The number of hydrogen-bond acceptors (Lipinski definition) is 4. The van der Waals surface area contributed by atoms with E-state index in [1.165, 1.54) is 0 Å². The first-order valence-corrected chi connectivity index (χ1v) is 8.19. The van der Waals surface area contributed by atoms with Crippen molar-refractivity contribution in [2.75, 3.05) is 6.61 Å². The van der Waals surface area contributed by atoms with Crippen molar-refractivity contribution in [3.63, 3.8) is 0 Å². The summed E-state index contributed by atoms with van der Waals surface area (Å²) in [7, 11) is 0. The second-order valence-corrected chi connectivity index (χ2v) is 5.80. The minimum atomic E-state index is -1.26. The lowest BCUT2D eigenvalue weighted by atomic mass is 10.0. The fraction of sp³-hybridized carbons (Fsp3) is 0.143. The number of ether oxygens (including phenoxy) is 2. The Hall–Kier alpha value is -3.34. The summed E-state index contributed by atoms with van der Waals surface area (Å²) in [5.41, 5.74) is 0.785. The van der Waals surface area contributed by atoms with E-state index >= 15 is 0 Å². The molecular weight excluding hydrogens is 332 g/mol. The highest BCUT2D eigenvalue weighted by molar-refractivity contribution is 5.83. The summed E-state index contributed by atoms with van der Waals surface area (Å²) in [5, 5.41) is 11.4. The smallest absolute Gasteiger partial charge is 0.345 e. The van der Waals surface area contributed by atoms with Gasteiger partial charge in [0.15, 0.2) is 6.61 Å². The van der Waals surface area contributed by atoms with Gasteiger partial charge in [-0.3, -0.25) is 0 Å². The third-order valence-electron chi connectivity index (χ3n) is 3.88. The van der Waals surface area contributed by atoms with Gasteiger partial charge in [0.1, 0.15) is 5.75 Å². The van der Waals surface area contributed by atoms with Crippen molar-refractivity contribution in [3.8, 4) is 5.75 Å². The molecular formula is C21H18O5. The van der Waals surface area contributed by atoms with E-state index in [1.807, 2.05) is 48.5 Å². The first-order chi connectivity index (χ1) is 12.6. The van der Waals surface area contributed by atoms with Crippen LogP contribution >= 0.6 is 0 Å². The largest absolute Gasteiger partial charge is 0.482 e. The Morgan fingerprint density at radius 2 is 1.58 bits per heavy atom. The lowest BCUT2D eigenvalue weighted by Crippen LogP contribution is -2.31. The Kier molecular flexibility index (Phi) is 5.49. The molecule has 0 saturated carbocycles. The molecule has 132 valence electrons. The van der Waals surface area contributed by atoms with Gasteiger partial charge < -0.3 is 14.6 Å². The molecule has 1 atom stereocenters. The average molecular weight is 350 g/mol. The van der Waals surface area contributed by atoms with Gasteiger partial charge in [-0.25, -0.2) is 9.59 Å². The van der Waals surface area contributed by atoms with Gasteiger partial charge in [0.2, 0.25) is 6.10 Å². The van der Waals surface area contributed by atoms with Crippen LogP contribution in [0, 0.1) is 0 Å². The van der Waals surface area contributed by atoms with Crippen molar-refractivity contribution in [2.45, 2.75) is 12.5 Å². The van der Waals surface area contributed by atoms with Crippen molar-refractivity contribution in [1.29, 1.82) is 0 Å². The number of fused-ring (bicyclic) bond motifs is 1. The van der Waals surface area contributed by atoms with Crippen molar-refractivity contribution >= 4 is 22.7 Å². The molecule has 1 N–H and O–H groups in total. The van der Waals surface area contributed by atoms with Crippen LogP contribution in [0.2, 0.25) is 0 Å². The number of aliphatic carboxylic acids is 1. The molecule has 5 heteroatoms. The number of rotatable bonds is 7. The third-order valence-corrected chi connectivity index (χ3v) is 3.88. The van der Waals surface area contributed by atoms with Crippen molar-refractivity contribution in [1.82, 2.24) is 0 Å². The van der Waals surface area contributed by atoms with E-state index in [2.05, 4.69) is 0 Å². The van der Waals surface area contributed by atoms with Gasteiger partial charge >= 0.3 is 11.9 Å².